The Labute approximate surface area is 135 Å². The lowest BCUT2D eigenvalue weighted by Crippen LogP contribution is -2.41. The molecule has 0 fully saturated rings. The molecular formula is C17H22N4O2. The van der Waals surface area contributed by atoms with Gasteiger partial charge < -0.3 is 10.6 Å². The van der Waals surface area contributed by atoms with Crippen molar-refractivity contribution in [2.45, 2.75) is 39.7 Å². The standard InChI is InChI=1S/C17H22N4O2/c1-4-6-14-10-15(21-20-14)19-16(22)12(3)18-17(23)13-8-5-7-11(2)9-13/h5,7-10,12H,4,6H2,1-3H3,(H,18,23)(H2,19,20,21,22)/t12-/m0/s1. The maximum atomic E-state index is 12.1. The van der Waals surface area contributed by atoms with Gasteiger partial charge in [-0.05, 0) is 32.4 Å². The van der Waals surface area contributed by atoms with Gasteiger partial charge in [-0.15, -0.1) is 0 Å². The minimum atomic E-state index is -0.658. The molecule has 0 aliphatic rings. The van der Waals surface area contributed by atoms with Crippen molar-refractivity contribution in [2.75, 3.05) is 5.32 Å². The number of amides is 2. The highest BCUT2D eigenvalue weighted by Gasteiger charge is 2.17. The van der Waals surface area contributed by atoms with Gasteiger partial charge in [-0.1, -0.05) is 31.0 Å². The van der Waals surface area contributed by atoms with E-state index in [0.29, 0.717) is 11.4 Å². The summed E-state index contributed by atoms with van der Waals surface area (Å²) in [7, 11) is 0. The van der Waals surface area contributed by atoms with Gasteiger partial charge in [0.15, 0.2) is 5.82 Å². The van der Waals surface area contributed by atoms with Crippen LogP contribution in [0.25, 0.3) is 0 Å². The van der Waals surface area contributed by atoms with Gasteiger partial charge in [0, 0.05) is 17.3 Å². The molecule has 0 radical (unpaired) electrons. The molecule has 2 rings (SSSR count). The Morgan fingerprint density at radius 2 is 2.09 bits per heavy atom. The lowest BCUT2D eigenvalue weighted by atomic mass is 10.1. The molecule has 2 aromatic rings. The van der Waals surface area contributed by atoms with Gasteiger partial charge in [0.1, 0.15) is 6.04 Å². The fourth-order valence-corrected chi connectivity index (χ4v) is 2.19. The number of anilines is 1. The van der Waals surface area contributed by atoms with E-state index in [1.54, 1.807) is 25.1 Å². The highest BCUT2D eigenvalue weighted by Crippen LogP contribution is 2.08. The minimum absolute atomic E-state index is 0.273. The molecule has 0 aliphatic carbocycles. The van der Waals surface area contributed by atoms with E-state index in [1.807, 2.05) is 19.1 Å². The van der Waals surface area contributed by atoms with Crippen molar-refractivity contribution >= 4 is 17.6 Å². The van der Waals surface area contributed by atoms with E-state index in [2.05, 4.69) is 27.8 Å². The Balaban J connectivity index is 1.92. The molecule has 0 bridgehead atoms. The first-order valence-corrected chi connectivity index (χ1v) is 7.72. The molecule has 1 atom stereocenters. The van der Waals surface area contributed by atoms with Crippen LogP contribution >= 0.6 is 0 Å². The molecule has 0 aliphatic heterocycles. The van der Waals surface area contributed by atoms with E-state index in [4.69, 9.17) is 0 Å². The number of hydrogen-bond donors (Lipinski definition) is 3. The number of rotatable bonds is 6. The molecule has 3 N–H and O–H groups in total. The van der Waals surface area contributed by atoms with E-state index in [-0.39, 0.29) is 11.8 Å². The fraction of sp³-hybridized carbons (Fsp3) is 0.353. The van der Waals surface area contributed by atoms with Crippen LogP contribution in [0.2, 0.25) is 0 Å². The van der Waals surface area contributed by atoms with Gasteiger partial charge in [-0.2, -0.15) is 5.10 Å². The lowest BCUT2D eigenvalue weighted by Gasteiger charge is -2.13. The topological polar surface area (TPSA) is 86.9 Å². The molecule has 6 heteroatoms. The molecule has 1 aromatic heterocycles. The monoisotopic (exact) mass is 314 g/mol. The third-order valence-corrected chi connectivity index (χ3v) is 3.42. The van der Waals surface area contributed by atoms with Crippen molar-refractivity contribution in [1.29, 1.82) is 0 Å². The van der Waals surface area contributed by atoms with Crippen molar-refractivity contribution in [3.05, 3.63) is 47.2 Å². The highest BCUT2D eigenvalue weighted by molar-refractivity contribution is 6.00. The quantitative estimate of drug-likeness (QED) is 0.765. The molecule has 122 valence electrons. The van der Waals surface area contributed by atoms with Gasteiger partial charge in [-0.3, -0.25) is 14.7 Å². The van der Waals surface area contributed by atoms with E-state index in [9.17, 15) is 9.59 Å². The number of hydrogen-bond acceptors (Lipinski definition) is 3. The van der Waals surface area contributed by atoms with Crippen LogP contribution in [0.1, 0.15) is 41.9 Å². The second kappa shape index (κ2) is 7.58. The van der Waals surface area contributed by atoms with Crippen LogP contribution in [-0.4, -0.2) is 28.1 Å². The lowest BCUT2D eigenvalue weighted by molar-refractivity contribution is -0.117. The number of carbonyl (C=O) groups is 2. The summed E-state index contributed by atoms with van der Waals surface area (Å²) in [4.78, 5) is 24.3. The van der Waals surface area contributed by atoms with Crippen LogP contribution in [0.5, 0.6) is 0 Å². The maximum Gasteiger partial charge on any atom is 0.251 e. The number of aromatic amines is 1. The van der Waals surface area contributed by atoms with Crippen LogP contribution in [0.3, 0.4) is 0 Å². The zero-order valence-electron chi connectivity index (χ0n) is 13.6. The molecule has 1 aromatic carbocycles. The summed E-state index contributed by atoms with van der Waals surface area (Å²) in [5.41, 5.74) is 2.50. The van der Waals surface area contributed by atoms with E-state index in [1.165, 1.54) is 0 Å². The summed E-state index contributed by atoms with van der Waals surface area (Å²) in [6.45, 7) is 5.63. The van der Waals surface area contributed by atoms with Gasteiger partial charge in [0.25, 0.3) is 5.91 Å². The number of nitrogens with one attached hydrogen (secondary N) is 3. The van der Waals surface area contributed by atoms with E-state index in [0.717, 1.165) is 24.1 Å². The van der Waals surface area contributed by atoms with Gasteiger partial charge in [0.05, 0.1) is 0 Å². The number of carbonyl (C=O) groups excluding carboxylic acids is 2. The molecule has 0 unspecified atom stereocenters. The van der Waals surface area contributed by atoms with Crippen LogP contribution in [0, 0.1) is 6.92 Å². The van der Waals surface area contributed by atoms with Crippen LogP contribution in [0.4, 0.5) is 5.82 Å². The average Bonchev–Trinajstić information content (AvgIpc) is 2.94. The summed E-state index contributed by atoms with van der Waals surface area (Å²) < 4.78 is 0. The largest absolute Gasteiger partial charge is 0.341 e. The van der Waals surface area contributed by atoms with Gasteiger partial charge in [0.2, 0.25) is 5.91 Å². The van der Waals surface area contributed by atoms with E-state index < -0.39 is 6.04 Å². The molecule has 6 nitrogen and oxygen atoms in total. The van der Waals surface area contributed by atoms with Crippen molar-refractivity contribution in [3.8, 4) is 0 Å². The van der Waals surface area contributed by atoms with E-state index >= 15 is 0 Å². The van der Waals surface area contributed by atoms with Crippen LogP contribution in [-0.2, 0) is 11.2 Å². The Kier molecular flexibility index (Phi) is 5.51. The summed E-state index contributed by atoms with van der Waals surface area (Å²) in [5, 5.41) is 12.3. The first kappa shape index (κ1) is 16.7. The van der Waals surface area contributed by atoms with Gasteiger partial charge >= 0.3 is 0 Å². The SMILES string of the molecule is CCCc1cc(NC(=O)[C@H](C)NC(=O)c2cccc(C)c2)n[nH]1. The zero-order chi connectivity index (χ0) is 16.8. The molecule has 23 heavy (non-hydrogen) atoms. The minimum Gasteiger partial charge on any atom is -0.341 e. The third kappa shape index (κ3) is 4.67. The number of benzene rings is 1. The summed E-state index contributed by atoms with van der Waals surface area (Å²) >= 11 is 0. The maximum absolute atomic E-state index is 12.1. The Hall–Kier alpha value is -2.63. The van der Waals surface area contributed by atoms with Crippen molar-refractivity contribution in [3.63, 3.8) is 0 Å². The number of nitrogens with zero attached hydrogens (tertiary/aromatic N) is 1. The molecule has 0 spiro atoms. The van der Waals surface area contributed by atoms with Crippen molar-refractivity contribution < 1.29 is 9.59 Å². The molecule has 0 saturated carbocycles. The highest BCUT2D eigenvalue weighted by atomic mass is 16.2. The number of aryl methyl sites for hydroxylation is 2. The molecule has 0 saturated heterocycles. The zero-order valence-corrected chi connectivity index (χ0v) is 13.6. The Morgan fingerprint density at radius 1 is 1.30 bits per heavy atom. The summed E-state index contributed by atoms with van der Waals surface area (Å²) in [5.74, 6) is -0.110. The number of H-pyrrole nitrogens is 1. The van der Waals surface area contributed by atoms with Crippen LogP contribution < -0.4 is 10.6 Å². The molecular weight excluding hydrogens is 292 g/mol. The first-order chi connectivity index (χ1) is 11.0. The third-order valence-electron chi connectivity index (χ3n) is 3.42. The normalized spacial score (nSPS) is 11.8. The first-order valence-electron chi connectivity index (χ1n) is 7.72. The Bertz CT molecular complexity index is 693. The molecule has 2 amide bonds. The second-order valence-corrected chi connectivity index (χ2v) is 5.58. The van der Waals surface area contributed by atoms with Crippen LogP contribution in [0.15, 0.2) is 30.3 Å². The molecule has 1 heterocycles. The average molecular weight is 314 g/mol. The van der Waals surface area contributed by atoms with Gasteiger partial charge in [-0.25, -0.2) is 0 Å². The van der Waals surface area contributed by atoms with Crippen molar-refractivity contribution in [2.24, 2.45) is 0 Å². The summed E-state index contributed by atoms with van der Waals surface area (Å²) in [6.07, 6.45) is 1.88. The Morgan fingerprint density at radius 3 is 2.78 bits per heavy atom. The van der Waals surface area contributed by atoms with Crippen molar-refractivity contribution in [1.82, 2.24) is 15.5 Å². The number of aromatic nitrogens is 2. The predicted octanol–water partition coefficient (Wildman–Crippen LogP) is 2.43. The second-order valence-electron chi connectivity index (χ2n) is 5.58. The predicted molar refractivity (Wildman–Crippen MR) is 89.3 cm³/mol. The fourth-order valence-electron chi connectivity index (χ4n) is 2.19. The smallest absolute Gasteiger partial charge is 0.251 e. The summed E-state index contributed by atoms with van der Waals surface area (Å²) in [6, 6.07) is 8.37.